The third-order valence-corrected chi connectivity index (χ3v) is 3.04. The molecule has 0 aromatic heterocycles. The highest BCUT2D eigenvalue weighted by atomic mass is 32.1. The van der Waals surface area contributed by atoms with Gasteiger partial charge in [-0.05, 0) is 17.5 Å². The second kappa shape index (κ2) is 3.16. The van der Waals surface area contributed by atoms with Crippen LogP contribution in [-0.4, -0.2) is 0 Å². The Hall–Kier alpha value is -0.800. The Balaban J connectivity index is 2.97. The average Bonchev–Trinajstić information content (AvgIpc) is 2.12. The van der Waals surface area contributed by atoms with Crippen LogP contribution in [0.5, 0.6) is 0 Å². The molecule has 0 bridgehead atoms. The molecule has 0 aliphatic carbocycles. The van der Waals surface area contributed by atoms with Crippen LogP contribution in [0, 0.1) is 0 Å². The number of anilines is 1. The number of nitrogens with two attached hydrogens (primary N) is 1. The van der Waals surface area contributed by atoms with Gasteiger partial charge in [0.1, 0.15) is 0 Å². The third-order valence-electron chi connectivity index (χ3n) is 2.03. The van der Waals surface area contributed by atoms with E-state index in [1.165, 1.54) is 0 Å². The predicted octanol–water partition coefficient (Wildman–Crippen LogP) is 3.00. The topological polar surface area (TPSA) is 26.0 Å². The van der Waals surface area contributed by atoms with Gasteiger partial charge in [-0.25, -0.2) is 0 Å². The van der Waals surface area contributed by atoms with Gasteiger partial charge in [-0.1, -0.05) is 18.2 Å². The van der Waals surface area contributed by atoms with Crippen LogP contribution >= 0.6 is 25.3 Å². The summed E-state index contributed by atoms with van der Waals surface area (Å²) >= 11 is 8.67. The first-order valence-corrected chi connectivity index (χ1v) is 4.79. The minimum atomic E-state index is 0.749. The molecule has 2 rings (SSSR count). The van der Waals surface area contributed by atoms with Crippen molar-refractivity contribution in [2.24, 2.45) is 0 Å². The van der Waals surface area contributed by atoms with Crippen molar-refractivity contribution in [3.8, 4) is 0 Å². The Labute approximate surface area is 87.8 Å². The number of fused-ring (bicyclic) bond motifs is 1. The normalized spacial score (nSPS) is 10.6. The number of hydrogen-bond donors (Lipinski definition) is 3. The minimum absolute atomic E-state index is 0.749. The molecule has 0 unspecified atom stereocenters. The van der Waals surface area contributed by atoms with Crippen LogP contribution in [0.2, 0.25) is 0 Å². The zero-order chi connectivity index (χ0) is 9.42. The number of hydrogen-bond acceptors (Lipinski definition) is 3. The van der Waals surface area contributed by atoms with Gasteiger partial charge in [0, 0.05) is 20.9 Å². The van der Waals surface area contributed by atoms with E-state index in [1.54, 1.807) is 0 Å². The lowest BCUT2D eigenvalue weighted by Crippen LogP contribution is -1.87. The Kier molecular flexibility index (Phi) is 2.14. The predicted molar refractivity (Wildman–Crippen MR) is 62.9 cm³/mol. The zero-order valence-electron chi connectivity index (χ0n) is 6.86. The Morgan fingerprint density at radius 2 is 1.77 bits per heavy atom. The molecule has 2 N–H and O–H groups in total. The fourth-order valence-electron chi connectivity index (χ4n) is 1.38. The van der Waals surface area contributed by atoms with Gasteiger partial charge in [-0.2, -0.15) is 0 Å². The van der Waals surface area contributed by atoms with Gasteiger partial charge in [0.15, 0.2) is 0 Å². The first-order chi connectivity index (χ1) is 6.20. The fraction of sp³-hybridized carbons (Fsp3) is 0. The van der Waals surface area contributed by atoms with E-state index in [4.69, 9.17) is 5.73 Å². The molecule has 2 aromatic rings. The van der Waals surface area contributed by atoms with Crippen molar-refractivity contribution in [3.63, 3.8) is 0 Å². The van der Waals surface area contributed by atoms with Gasteiger partial charge in [0.2, 0.25) is 0 Å². The molecule has 13 heavy (non-hydrogen) atoms. The molecule has 0 spiro atoms. The van der Waals surface area contributed by atoms with Crippen molar-refractivity contribution in [1.82, 2.24) is 0 Å². The van der Waals surface area contributed by atoms with Crippen LogP contribution < -0.4 is 5.73 Å². The highest BCUT2D eigenvalue weighted by molar-refractivity contribution is 7.83. The van der Waals surface area contributed by atoms with Crippen LogP contribution in [0.15, 0.2) is 40.1 Å². The average molecular weight is 207 g/mol. The molecule has 0 amide bonds. The fourth-order valence-corrected chi connectivity index (χ4v) is 1.90. The summed E-state index contributed by atoms with van der Waals surface area (Å²) in [5.41, 5.74) is 6.59. The van der Waals surface area contributed by atoms with E-state index in [9.17, 15) is 0 Å². The zero-order valence-corrected chi connectivity index (χ0v) is 8.65. The summed E-state index contributed by atoms with van der Waals surface area (Å²) in [6.45, 7) is 0. The minimum Gasteiger partial charge on any atom is -0.398 e. The monoisotopic (exact) mass is 207 g/mol. The van der Waals surface area contributed by atoms with Crippen LogP contribution in [0.3, 0.4) is 0 Å². The Morgan fingerprint density at radius 1 is 1.00 bits per heavy atom. The molecule has 0 saturated heterocycles. The molecule has 0 atom stereocenters. The van der Waals surface area contributed by atoms with Crippen LogP contribution in [0.4, 0.5) is 5.69 Å². The molecule has 1 nitrogen and oxygen atoms in total. The molecule has 0 fully saturated rings. The molecule has 0 aliphatic rings. The lowest BCUT2D eigenvalue weighted by atomic mass is 10.1. The Bertz CT molecular complexity index is 466. The molecule has 0 heterocycles. The van der Waals surface area contributed by atoms with Gasteiger partial charge in [-0.3, -0.25) is 0 Å². The van der Waals surface area contributed by atoms with E-state index in [1.807, 2.05) is 30.3 Å². The van der Waals surface area contributed by atoms with Crippen molar-refractivity contribution in [1.29, 1.82) is 0 Å². The summed E-state index contributed by atoms with van der Waals surface area (Å²) < 4.78 is 0. The van der Waals surface area contributed by atoms with Crippen molar-refractivity contribution in [3.05, 3.63) is 30.3 Å². The van der Waals surface area contributed by atoms with E-state index in [0.717, 1.165) is 26.3 Å². The summed E-state index contributed by atoms with van der Waals surface area (Å²) in [5.74, 6) is 0. The maximum absolute atomic E-state index is 5.84. The molecular weight excluding hydrogens is 198 g/mol. The quantitative estimate of drug-likeness (QED) is 0.449. The molecular formula is C10H9NS2. The maximum atomic E-state index is 5.84. The lowest BCUT2D eigenvalue weighted by Gasteiger charge is -2.06. The van der Waals surface area contributed by atoms with Crippen molar-refractivity contribution in [2.45, 2.75) is 9.79 Å². The standard InChI is InChI=1S/C10H9NS2/c11-7-3-1-2-6-4-5-8(12)10(13)9(6)7/h1-5,12-13H,11H2. The second-order valence-corrected chi connectivity index (χ2v) is 3.81. The molecule has 0 aliphatic heterocycles. The number of thiol groups is 2. The first-order valence-electron chi connectivity index (χ1n) is 3.89. The summed E-state index contributed by atoms with van der Waals surface area (Å²) in [4.78, 5) is 1.70. The van der Waals surface area contributed by atoms with Crippen molar-refractivity contribution in [2.75, 3.05) is 5.73 Å². The summed E-state index contributed by atoms with van der Waals surface area (Å²) in [7, 11) is 0. The van der Waals surface area contributed by atoms with E-state index in [2.05, 4.69) is 25.3 Å². The summed E-state index contributed by atoms with van der Waals surface area (Å²) in [6, 6.07) is 9.73. The van der Waals surface area contributed by atoms with E-state index in [0.29, 0.717) is 0 Å². The highest BCUT2D eigenvalue weighted by Gasteiger charge is 2.03. The highest BCUT2D eigenvalue weighted by Crippen LogP contribution is 2.31. The molecule has 66 valence electrons. The smallest absolute Gasteiger partial charge is 0.0405 e. The molecule has 0 radical (unpaired) electrons. The summed E-state index contributed by atoms with van der Waals surface area (Å²) in [6.07, 6.45) is 0. The van der Waals surface area contributed by atoms with Gasteiger partial charge in [-0.15, -0.1) is 25.3 Å². The second-order valence-electron chi connectivity index (χ2n) is 2.88. The first kappa shape index (κ1) is 8.78. The number of nitrogen functional groups attached to an aromatic ring is 1. The van der Waals surface area contributed by atoms with Gasteiger partial charge in [0.25, 0.3) is 0 Å². The van der Waals surface area contributed by atoms with E-state index < -0.39 is 0 Å². The van der Waals surface area contributed by atoms with Crippen molar-refractivity contribution < 1.29 is 0 Å². The Morgan fingerprint density at radius 3 is 2.54 bits per heavy atom. The van der Waals surface area contributed by atoms with Crippen LogP contribution in [0.25, 0.3) is 10.8 Å². The number of rotatable bonds is 0. The third kappa shape index (κ3) is 1.38. The summed E-state index contributed by atoms with van der Waals surface area (Å²) in [5, 5.41) is 2.08. The molecule has 2 aromatic carbocycles. The molecule has 3 heteroatoms. The largest absolute Gasteiger partial charge is 0.398 e. The van der Waals surface area contributed by atoms with E-state index >= 15 is 0 Å². The maximum Gasteiger partial charge on any atom is 0.0405 e. The molecule has 0 saturated carbocycles. The van der Waals surface area contributed by atoms with Crippen LogP contribution in [-0.2, 0) is 0 Å². The van der Waals surface area contributed by atoms with Crippen LogP contribution in [0.1, 0.15) is 0 Å². The van der Waals surface area contributed by atoms with Gasteiger partial charge >= 0.3 is 0 Å². The lowest BCUT2D eigenvalue weighted by molar-refractivity contribution is 1.33. The van der Waals surface area contributed by atoms with Crippen molar-refractivity contribution >= 4 is 41.7 Å². The van der Waals surface area contributed by atoms with Gasteiger partial charge in [0.05, 0.1) is 0 Å². The van der Waals surface area contributed by atoms with E-state index in [-0.39, 0.29) is 0 Å². The van der Waals surface area contributed by atoms with Gasteiger partial charge < -0.3 is 5.73 Å². The SMILES string of the molecule is Nc1cccc2ccc(S)c(S)c12. The number of benzene rings is 2.